The average molecular weight is 458 g/mol. The molecule has 3 heterocycles. The minimum absolute atomic E-state index is 0.0279. The van der Waals surface area contributed by atoms with Crippen LogP contribution in [0.2, 0.25) is 0 Å². The highest BCUT2D eigenvalue weighted by molar-refractivity contribution is 5.91. The van der Waals surface area contributed by atoms with Crippen LogP contribution in [-0.2, 0) is 25.5 Å². The van der Waals surface area contributed by atoms with Crippen LogP contribution in [-0.4, -0.2) is 67.0 Å². The number of ketones is 1. The van der Waals surface area contributed by atoms with Crippen LogP contribution in [0.15, 0.2) is 24.0 Å². The van der Waals surface area contributed by atoms with Gasteiger partial charge in [0.25, 0.3) is 0 Å². The maximum Gasteiger partial charge on any atom is 0.308 e. The number of fused-ring (bicyclic) bond motifs is 3. The summed E-state index contributed by atoms with van der Waals surface area (Å²) in [6.45, 7) is 3.50. The molecule has 1 aromatic carbocycles. The van der Waals surface area contributed by atoms with Gasteiger partial charge in [0.2, 0.25) is 6.79 Å². The van der Waals surface area contributed by atoms with Crippen molar-refractivity contribution in [2.24, 2.45) is 5.92 Å². The molecule has 0 radical (unpaired) electrons. The molecule has 1 N–H and O–H groups in total. The minimum atomic E-state index is -1.81. The highest BCUT2D eigenvalue weighted by Crippen LogP contribution is 2.58. The summed E-state index contributed by atoms with van der Waals surface area (Å²) in [4.78, 5) is 27.6. The largest absolute Gasteiger partial charge is 0.501 e. The fraction of sp³-hybridized carbons (Fsp3) is 0.600. The van der Waals surface area contributed by atoms with Crippen molar-refractivity contribution in [3.63, 3.8) is 0 Å². The van der Waals surface area contributed by atoms with Crippen LogP contribution in [0.25, 0.3) is 0 Å². The quantitative estimate of drug-likeness (QED) is 0.651. The van der Waals surface area contributed by atoms with Crippen molar-refractivity contribution in [2.45, 2.75) is 56.1 Å². The van der Waals surface area contributed by atoms with Gasteiger partial charge in [0.05, 0.1) is 31.9 Å². The van der Waals surface area contributed by atoms with E-state index in [-0.39, 0.29) is 37.0 Å². The normalized spacial score (nSPS) is 29.3. The number of aliphatic hydroxyl groups is 1. The van der Waals surface area contributed by atoms with E-state index in [4.69, 9.17) is 14.2 Å². The number of allylic oxidation sites excluding steroid dienone is 1. The summed E-state index contributed by atoms with van der Waals surface area (Å²) in [6, 6.07) is 4.15. The molecule has 0 aromatic heterocycles. The van der Waals surface area contributed by atoms with Crippen molar-refractivity contribution < 1.29 is 33.6 Å². The maximum atomic E-state index is 13.3. The number of carbonyl (C=O) groups excluding carboxylic acids is 2. The van der Waals surface area contributed by atoms with E-state index >= 15 is 0 Å². The van der Waals surface area contributed by atoms with Crippen molar-refractivity contribution >= 4 is 11.8 Å². The lowest BCUT2D eigenvalue weighted by Crippen LogP contribution is -2.46. The first-order valence-electron chi connectivity index (χ1n) is 11.6. The van der Waals surface area contributed by atoms with E-state index in [0.29, 0.717) is 0 Å². The Labute approximate surface area is 193 Å². The Hall–Kier alpha value is -2.58. The van der Waals surface area contributed by atoms with Crippen molar-refractivity contribution in [3.05, 3.63) is 35.1 Å². The van der Waals surface area contributed by atoms with Crippen molar-refractivity contribution in [2.75, 3.05) is 34.1 Å². The molecule has 4 unspecified atom stereocenters. The van der Waals surface area contributed by atoms with Gasteiger partial charge in [0.15, 0.2) is 17.3 Å². The molecule has 0 saturated carbocycles. The van der Waals surface area contributed by atoms with Gasteiger partial charge >= 0.3 is 5.97 Å². The van der Waals surface area contributed by atoms with Crippen LogP contribution in [0.3, 0.4) is 0 Å². The Morgan fingerprint density at radius 3 is 2.73 bits per heavy atom. The van der Waals surface area contributed by atoms with Crippen LogP contribution in [0.4, 0.5) is 0 Å². The molecule has 0 bridgehead atoms. The van der Waals surface area contributed by atoms with Crippen LogP contribution < -0.4 is 9.47 Å². The molecule has 4 aliphatic rings. The molecule has 1 saturated heterocycles. The number of carbonyl (C=O) groups is 2. The third-order valence-electron chi connectivity index (χ3n) is 7.87. The summed E-state index contributed by atoms with van der Waals surface area (Å²) in [6.07, 6.45) is 4.83. The first-order valence-corrected chi connectivity index (χ1v) is 11.6. The third-order valence-corrected chi connectivity index (χ3v) is 7.87. The summed E-state index contributed by atoms with van der Waals surface area (Å²) in [5.41, 5.74) is 0.295. The van der Waals surface area contributed by atoms with Gasteiger partial charge < -0.3 is 24.1 Å². The van der Waals surface area contributed by atoms with Gasteiger partial charge in [-0.25, -0.2) is 0 Å². The fourth-order valence-electron chi connectivity index (χ4n) is 6.26. The van der Waals surface area contributed by atoms with E-state index in [1.165, 1.54) is 19.6 Å². The van der Waals surface area contributed by atoms with Gasteiger partial charge in [-0.2, -0.15) is 0 Å². The van der Waals surface area contributed by atoms with E-state index in [0.717, 1.165) is 55.2 Å². The second-order valence-corrected chi connectivity index (χ2v) is 9.73. The van der Waals surface area contributed by atoms with E-state index in [1.54, 1.807) is 7.11 Å². The summed E-state index contributed by atoms with van der Waals surface area (Å²) >= 11 is 0. The molecule has 1 spiro atoms. The fourth-order valence-corrected chi connectivity index (χ4v) is 6.26. The molecular weight excluding hydrogens is 426 g/mol. The second-order valence-electron chi connectivity index (χ2n) is 9.73. The zero-order valence-corrected chi connectivity index (χ0v) is 19.4. The molecule has 178 valence electrons. The number of Topliss-reactive ketones (excluding diaryl/α,β-unsaturated/α-hetero) is 1. The zero-order valence-electron chi connectivity index (χ0n) is 19.4. The Balaban J connectivity index is 1.56. The standard InChI is InChI=1S/C25H31NO7/c1-24(29,13-22(28)31-3)21(27)11-17-20(30-2)12-25-6-4-7-26(25)8-5-15-9-18-19(33-14-32-18)10-16(15)23(17)25/h9-10,12,17,23,29H,4-8,11,13-14H2,1-3H3. The molecule has 33 heavy (non-hydrogen) atoms. The summed E-state index contributed by atoms with van der Waals surface area (Å²) in [5.74, 6) is 0.950. The molecule has 0 amide bonds. The molecule has 5 rings (SSSR count). The summed E-state index contributed by atoms with van der Waals surface area (Å²) in [5, 5.41) is 10.8. The number of methoxy groups -OCH3 is 2. The first kappa shape index (κ1) is 22.2. The van der Waals surface area contributed by atoms with Crippen LogP contribution in [0.5, 0.6) is 11.5 Å². The molecule has 8 nitrogen and oxygen atoms in total. The SMILES string of the molecule is COC(=O)CC(C)(O)C(=O)CC1C(OC)=CC23CCCN2CCc2cc4c(cc2C13)OCO4. The molecule has 4 atom stereocenters. The highest BCUT2D eigenvalue weighted by atomic mass is 16.7. The van der Waals surface area contributed by atoms with Crippen LogP contribution >= 0.6 is 0 Å². The van der Waals surface area contributed by atoms with Gasteiger partial charge in [0.1, 0.15) is 5.60 Å². The molecule has 8 heteroatoms. The lowest BCUT2D eigenvalue weighted by molar-refractivity contribution is -0.152. The number of rotatable bonds is 6. The summed E-state index contributed by atoms with van der Waals surface area (Å²) < 4.78 is 21.8. The third kappa shape index (κ3) is 3.51. The maximum absolute atomic E-state index is 13.3. The van der Waals surface area contributed by atoms with Crippen molar-refractivity contribution in [1.82, 2.24) is 4.90 Å². The van der Waals surface area contributed by atoms with E-state index in [1.807, 2.05) is 0 Å². The molecule has 3 aliphatic heterocycles. The number of hydrogen-bond donors (Lipinski definition) is 1. The Morgan fingerprint density at radius 2 is 2.00 bits per heavy atom. The van der Waals surface area contributed by atoms with Crippen molar-refractivity contribution in [3.8, 4) is 11.5 Å². The van der Waals surface area contributed by atoms with Gasteiger partial charge in [-0.15, -0.1) is 0 Å². The average Bonchev–Trinajstić information content (AvgIpc) is 3.47. The number of hydrogen-bond acceptors (Lipinski definition) is 8. The monoisotopic (exact) mass is 457 g/mol. The van der Waals surface area contributed by atoms with Crippen LogP contribution in [0, 0.1) is 5.92 Å². The Morgan fingerprint density at radius 1 is 1.24 bits per heavy atom. The van der Waals surface area contributed by atoms with Gasteiger partial charge in [0, 0.05) is 24.8 Å². The van der Waals surface area contributed by atoms with E-state index in [2.05, 4.69) is 27.8 Å². The highest BCUT2D eigenvalue weighted by Gasteiger charge is 2.57. The van der Waals surface area contributed by atoms with Gasteiger partial charge in [-0.05, 0) is 62.1 Å². The summed E-state index contributed by atoms with van der Waals surface area (Å²) in [7, 11) is 2.88. The number of benzene rings is 1. The second kappa shape index (κ2) is 8.02. The molecule has 1 aromatic rings. The molecule has 1 aliphatic carbocycles. The predicted octanol–water partition coefficient (Wildman–Crippen LogP) is 2.32. The predicted molar refractivity (Wildman–Crippen MR) is 118 cm³/mol. The number of ether oxygens (including phenoxy) is 4. The molecular formula is C25H31NO7. The van der Waals surface area contributed by atoms with Gasteiger partial charge in [-0.3, -0.25) is 14.5 Å². The number of esters is 1. The van der Waals surface area contributed by atoms with Crippen molar-refractivity contribution in [1.29, 1.82) is 0 Å². The number of nitrogens with zero attached hydrogens (tertiary/aromatic N) is 1. The van der Waals surface area contributed by atoms with Crippen LogP contribution in [0.1, 0.15) is 49.7 Å². The Bertz CT molecular complexity index is 1020. The lowest BCUT2D eigenvalue weighted by Gasteiger charge is -2.40. The van der Waals surface area contributed by atoms with E-state index in [9.17, 15) is 14.7 Å². The van der Waals surface area contributed by atoms with Gasteiger partial charge in [-0.1, -0.05) is 0 Å². The zero-order chi connectivity index (χ0) is 23.4. The minimum Gasteiger partial charge on any atom is -0.501 e. The topological polar surface area (TPSA) is 94.5 Å². The first-order chi connectivity index (χ1) is 15.8. The lowest BCUT2D eigenvalue weighted by atomic mass is 9.72. The Kier molecular flexibility index (Phi) is 5.40. The smallest absolute Gasteiger partial charge is 0.308 e. The molecule has 1 fully saturated rings. The van der Waals surface area contributed by atoms with E-state index < -0.39 is 17.4 Å².